The van der Waals surface area contributed by atoms with Crippen LogP contribution in [0.3, 0.4) is 0 Å². The highest BCUT2D eigenvalue weighted by molar-refractivity contribution is 9.10. The zero-order chi connectivity index (χ0) is 13.1. The molecular weight excluding hydrogens is 310 g/mol. The number of halogens is 1. The van der Waals surface area contributed by atoms with Crippen LogP contribution >= 0.6 is 27.3 Å². The predicted molar refractivity (Wildman–Crippen MR) is 81.8 cm³/mol. The van der Waals surface area contributed by atoms with Crippen LogP contribution in [0.15, 0.2) is 34.8 Å². The van der Waals surface area contributed by atoms with E-state index in [1.165, 1.54) is 9.75 Å². The molecule has 0 amide bonds. The van der Waals surface area contributed by atoms with Crippen molar-refractivity contribution in [2.75, 3.05) is 12.4 Å². The minimum absolute atomic E-state index is 0.270. The largest absolute Gasteiger partial charge is 0.495 e. The molecule has 1 unspecified atom stereocenters. The molecule has 0 aliphatic carbocycles. The van der Waals surface area contributed by atoms with Gasteiger partial charge in [-0.1, -0.05) is 15.9 Å². The van der Waals surface area contributed by atoms with Crippen molar-refractivity contribution in [1.29, 1.82) is 0 Å². The van der Waals surface area contributed by atoms with Crippen LogP contribution < -0.4 is 10.1 Å². The van der Waals surface area contributed by atoms with Crippen LogP contribution in [0.2, 0.25) is 0 Å². The van der Waals surface area contributed by atoms with Crippen LogP contribution in [0.25, 0.3) is 0 Å². The van der Waals surface area contributed by atoms with E-state index in [9.17, 15) is 0 Å². The molecule has 0 spiro atoms. The second-order valence-corrected chi connectivity index (χ2v) is 6.39. The molecule has 0 aliphatic rings. The van der Waals surface area contributed by atoms with Crippen molar-refractivity contribution in [3.05, 3.63) is 44.6 Å². The monoisotopic (exact) mass is 325 g/mol. The second-order valence-electron chi connectivity index (χ2n) is 4.16. The molecule has 1 heterocycles. The second kappa shape index (κ2) is 5.76. The van der Waals surface area contributed by atoms with E-state index >= 15 is 0 Å². The summed E-state index contributed by atoms with van der Waals surface area (Å²) in [5.74, 6) is 0.860. The van der Waals surface area contributed by atoms with Gasteiger partial charge in [-0.25, -0.2) is 0 Å². The maximum atomic E-state index is 5.36. The number of methoxy groups -OCH3 is 1. The zero-order valence-corrected chi connectivity index (χ0v) is 13.1. The molecule has 0 fully saturated rings. The molecule has 2 rings (SSSR count). The van der Waals surface area contributed by atoms with Gasteiger partial charge in [0.25, 0.3) is 0 Å². The quantitative estimate of drug-likeness (QED) is 0.853. The summed E-state index contributed by atoms with van der Waals surface area (Å²) in [6.45, 7) is 4.28. The summed E-state index contributed by atoms with van der Waals surface area (Å²) in [7, 11) is 1.69. The molecule has 18 heavy (non-hydrogen) atoms. The van der Waals surface area contributed by atoms with Crippen molar-refractivity contribution in [1.82, 2.24) is 0 Å². The molecule has 0 bridgehead atoms. The Labute approximate surface area is 120 Å². The van der Waals surface area contributed by atoms with Crippen molar-refractivity contribution in [2.45, 2.75) is 19.9 Å². The summed E-state index contributed by atoms with van der Waals surface area (Å²) in [6, 6.07) is 10.6. The fraction of sp³-hybridized carbons (Fsp3) is 0.286. The lowest BCUT2D eigenvalue weighted by molar-refractivity contribution is 0.416. The van der Waals surface area contributed by atoms with Gasteiger partial charge in [0.05, 0.1) is 18.8 Å². The number of anilines is 1. The first-order chi connectivity index (χ1) is 8.60. The van der Waals surface area contributed by atoms with Crippen molar-refractivity contribution < 1.29 is 4.74 Å². The fourth-order valence-corrected chi connectivity index (χ4v) is 3.02. The van der Waals surface area contributed by atoms with Crippen LogP contribution in [0.1, 0.15) is 22.7 Å². The minimum atomic E-state index is 0.270. The molecule has 2 nitrogen and oxygen atoms in total. The van der Waals surface area contributed by atoms with E-state index in [0.717, 1.165) is 15.9 Å². The van der Waals surface area contributed by atoms with Gasteiger partial charge in [0.1, 0.15) is 5.75 Å². The highest BCUT2D eigenvalue weighted by Crippen LogP contribution is 2.32. The Balaban J connectivity index is 2.20. The van der Waals surface area contributed by atoms with Gasteiger partial charge < -0.3 is 10.1 Å². The topological polar surface area (TPSA) is 21.3 Å². The molecule has 1 N–H and O–H groups in total. The normalized spacial score (nSPS) is 12.2. The Hall–Kier alpha value is -1.00. The first-order valence-corrected chi connectivity index (χ1v) is 7.37. The highest BCUT2D eigenvalue weighted by Gasteiger charge is 2.10. The number of rotatable bonds is 4. The average Bonchev–Trinajstić information content (AvgIpc) is 2.76. The SMILES string of the molecule is COc1ccc(Br)cc1NC(C)c1ccc(C)s1. The Kier molecular flexibility index (Phi) is 4.30. The number of hydrogen-bond acceptors (Lipinski definition) is 3. The third-order valence-electron chi connectivity index (χ3n) is 2.72. The van der Waals surface area contributed by atoms with Crippen LogP contribution in [-0.4, -0.2) is 7.11 Å². The van der Waals surface area contributed by atoms with Gasteiger partial charge in [0, 0.05) is 14.2 Å². The summed E-state index contributed by atoms with van der Waals surface area (Å²) in [6.07, 6.45) is 0. The van der Waals surface area contributed by atoms with Gasteiger partial charge in [-0.2, -0.15) is 0 Å². The van der Waals surface area contributed by atoms with Gasteiger partial charge in [0.15, 0.2) is 0 Å². The van der Waals surface area contributed by atoms with E-state index in [1.807, 2.05) is 29.5 Å². The number of aryl methyl sites for hydroxylation is 1. The smallest absolute Gasteiger partial charge is 0.142 e. The van der Waals surface area contributed by atoms with Crippen molar-refractivity contribution in [3.8, 4) is 5.75 Å². The van der Waals surface area contributed by atoms with Crippen LogP contribution in [0.4, 0.5) is 5.69 Å². The summed E-state index contributed by atoms with van der Waals surface area (Å²) < 4.78 is 6.40. The number of nitrogens with one attached hydrogen (secondary N) is 1. The van der Waals surface area contributed by atoms with Crippen LogP contribution in [0, 0.1) is 6.92 Å². The van der Waals surface area contributed by atoms with Gasteiger partial charge in [-0.15, -0.1) is 11.3 Å². The molecule has 0 saturated heterocycles. The third kappa shape index (κ3) is 3.06. The van der Waals surface area contributed by atoms with Gasteiger partial charge in [-0.3, -0.25) is 0 Å². The van der Waals surface area contributed by atoms with E-state index < -0.39 is 0 Å². The van der Waals surface area contributed by atoms with Crippen LogP contribution in [0.5, 0.6) is 5.75 Å². The maximum Gasteiger partial charge on any atom is 0.142 e. The van der Waals surface area contributed by atoms with Crippen molar-refractivity contribution in [3.63, 3.8) is 0 Å². The molecule has 1 aromatic carbocycles. The lowest BCUT2D eigenvalue weighted by Gasteiger charge is -2.16. The molecule has 0 aliphatic heterocycles. The van der Waals surface area contributed by atoms with Gasteiger partial charge >= 0.3 is 0 Å². The zero-order valence-electron chi connectivity index (χ0n) is 10.7. The summed E-state index contributed by atoms with van der Waals surface area (Å²) >= 11 is 5.30. The predicted octanol–water partition coefficient (Wildman–Crippen LogP) is 5.00. The Bertz CT molecular complexity index is 538. The number of thiophene rings is 1. The van der Waals surface area contributed by atoms with Crippen molar-refractivity contribution in [2.24, 2.45) is 0 Å². The summed E-state index contributed by atoms with van der Waals surface area (Å²) in [5, 5.41) is 3.49. The molecule has 4 heteroatoms. The van der Waals surface area contributed by atoms with Gasteiger partial charge in [0.2, 0.25) is 0 Å². The maximum absolute atomic E-state index is 5.36. The average molecular weight is 326 g/mol. The fourth-order valence-electron chi connectivity index (χ4n) is 1.78. The highest BCUT2D eigenvalue weighted by atomic mass is 79.9. The first kappa shape index (κ1) is 13.4. The van der Waals surface area contributed by atoms with E-state index in [-0.39, 0.29) is 6.04 Å². The minimum Gasteiger partial charge on any atom is -0.495 e. The third-order valence-corrected chi connectivity index (χ3v) is 4.40. The number of ether oxygens (including phenoxy) is 1. The first-order valence-electron chi connectivity index (χ1n) is 5.76. The Morgan fingerprint density at radius 3 is 2.67 bits per heavy atom. The lowest BCUT2D eigenvalue weighted by atomic mass is 10.2. The number of benzene rings is 1. The molecule has 1 aromatic heterocycles. The molecular formula is C14H16BrNOS. The lowest BCUT2D eigenvalue weighted by Crippen LogP contribution is -2.06. The Morgan fingerprint density at radius 2 is 2.06 bits per heavy atom. The molecule has 1 atom stereocenters. The standard InChI is InChI=1S/C14H16BrNOS/c1-9-4-7-14(18-9)10(2)16-12-8-11(15)5-6-13(12)17-3/h4-8,10,16H,1-3H3. The summed E-state index contributed by atoms with van der Waals surface area (Å²) in [4.78, 5) is 2.66. The van der Waals surface area contributed by atoms with Crippen molar-refractivity contribution >= 4 is 33.0 Å². The summed E-state index contributed by atoms with van der Waals surface area (Å²) in [5.41, 5.74) is 1.01. The van der Waals surface area contributed by atoms with E-state index in [2.05, 4.69) is 47.2 Å². The Morgan fingerprint density at radius 1 is 1.28 bits per heavy atom. The van der Waals surface area contributed by atoms with Crippen LogP contribution in [-0.2, 0) is 0 Å². The van der Waals surface area contributed by atoms with E-state index in [0.29, 0.717) is 0 Å². The molecule has 2 aromatic rings. The molecule has 96 valence electrons. The van der Waals surface area contributed by atoms with E-state index in [4.69, 9.17) is 4.74 Å². The number of hydrogen-bond donors (Lipinski definition) is 1. The van der Waals surface area contributed by atoms with E-state index in [1.54, 1.807) is 7.11 Å². The van der Waals surface area contributed by atoms with Gasteiger partial charge in [-0.05, 0) is 44.2 Å². The molecule has 0 saturated carbocycles. The molecule has 0 radical (unpaired) electrons.